The van der Waals surface area contributed by atoms with Crippen LogP contribution in [0, 0.1) is 17.8 Å². The normalized spacial score (nSPS) is 30.9. The molecule has 1 saturated heterocycles. The SMILES string of the molecule is CC(OC1CCCCCC1)C(=O)N1C[C@H](C(=O)O)[C@@H](C2CC2)C1. The fourth-order valence-electron chi connectivity index (χ4n) is 4.25. The number of carbonyl (C=O) groups excluding carboxylic acids is 1. The van der Waals surface area contributed by atoms with Crippen molar-refractivity contribution in [2.24, 2.45) is 17.8 Å². The van der Waals surface area contributed by atoms with Crippen molar-refractivity contribution in [1.29, 1.82) is 0 Å². The van der Waals surface area contributed by atoms with Crippen LogP contribution in [-0.2, 0) is 14.3 Å². The molecule has 1 aliphatic heterocycles. The van der Waals surface area contributed by atoms with Crippen molar-refractivity contribution in [2.75, 3.05) is 13.1 Å². The Bertz CT molecular complexity index is 440. The van der Waals surface area contributed by atoms with Crippen LogP contribution in [0.25, 0.3) is 0 Å². The Labute approximate surface area is 138 Å². The molecule has 0 aromatic rings. The fraction of sp³-hybridized carbons (Fsp3) is 0.889. The van der Waals surface area contributed by atoms with E-state index in [4.69, 9.17) is 4.74 Å². The summed E-state index contributed by atoms with van der Waals surface area (Å²) in [6.07, 6.45) is 8.93. The molecule has 1 amide bonds. The lowest BCUT2D eigenvalue weighted by Crippen LogP contribution is -2.39. The van der Waals surface area contributed by atoms with E-state index < -0.39 is 18.0 Å². The number of nitrogens with zero attached hydrogens (tertiary/aromatic N) is 1. The number of carboxylic acids is 1. The zero-order valence-corrected chi connectivity index (χ0v) is 14.1. The molecule has 5 heteroatoms. The molecule has 130 valence electrons. The lowest BCUT2D eigenvalue weighted by molar-refractivity contribution is -0.146. The molecule has 1 unspecified atom stereocenters. The smallest absolute Gasteiger partial charge is 0.308 e. The van der Waals surface area contributed by atoms with Crippen LogP contribution in [0.15, 0.2) is 0 Å². The van der Waals surface area contributed by atoms with Gasteiger partial charge in [0.1, 0.15) is 6.10 Å². The average Bonchev–Trinajstić information content (AvgIpc) is 3.31. The van der Waals surface area contributed by atoms with E-state index in [2.05, 4.69) is 0 Å². The first kappa shape index (κ1) is 16.7. The third-order valence-corrected chi connectivity index (χ3v) is 5.77. The largest absolute Gasteiger partial charge is 0.481 e. The molecule has 1 heterocycles. The van der Waals surface area contributed by atoms with Gasteiger partial charge in [0, 0.05) is 13.1 Å². The third kappa shape index (κ3) is 4.06. The molecular weight excluding hydrogens is 294 g/mol. The molecule has 3 rings (SSSR count). The summed E-state index contributed by atoms with van der Waals surface area (Å²) in [4.78, 5) is 25.9. The van der Waals surface area contributed by atoms with E-state index in [-0.39, 0.29) is 17.9 Å². The summed E-state index contributed by atoms with van der Waals surface area (Å²) in [6.45, 7) is 2.78. The molecule has 3 fully saturated rings. The van der Waals surface area contributed by atoms with Crippen molar-refractivity contribution in [3.63, 3.8) is 0 Å². The van der Waals surface area contributed by atoms with E-state index in [9.17, 15) is 14.7 Å². The van der Waals surface area contributed by atoms with Gasteiger partial charge in [-0.1, -0.05) is 25.7 Å². The molecular formula is C18H29NO4. The van der Waals surface area contributed by atoms with Gasteiger partial charge in [0.2, 0.25) is 0 Å². The molecule has 0 bridgehead atoms. The number of amides is 1. The highest BCUT2D eigenvalue weighted by molar-refractivity contribution is 5.82. The van der Waals surface area contributed by atoms with Crippen LogP contribution in [0.4, 0.5) is 0 Å². The summed E-state index contributed by atoms with van der Waals surface area (Å²) < 4.78 is 6.01. The van der Waals surface area contributed by atoms with Gasteiger partial charge in [0.05, 0.1) is 12.0 Å². The summed E-state index contributed by atoms with van der Waals surface area (Å²) in [5, 5.41) is 9.42. The molecule has 5 nitrogen and oxygen atoms in total. The highest BCUT2D eigenvalue weighted by atomic mass is 16.5. The molecule has 2 saturated carbocycles. The minimum atomic E-state index is -0.755. The second-order valence-corrected chi connectivity index (χ2v) is 7.58. The number of carbonyl (C=O) groups is 2. The molecule has 0 aromatic carbocycles. The molecule has 0 spiro atoms. The van der Waals surface area contributed by atoms with Gasteiger partial charge in [-0.25, -0.2) is 0 Å². The van der Waals surface area contributed by atoms with Crippen LogP contribution in [-0.4, -0.2) is 47.2 Å². The fourth-order valence-corrected chi connectivity index (χ4v) is 4.25. The minimum absolute atomic E-state index is 0.0244. The van der Waals surface area contributed by atoms with Crippen LogP contribution >= 0.6 is 0 Å². The van der Waals surface area contributed by atoms with Gasteiger partial charge in [-0.3, -0.25) is 9.59 Å². The van der Waals surface area contributed by atoms with Crippen molar-refractivity contribution in [2.45, 2.75) is 70.5 Å². The number of hydrogen-bond donors (Lipinski definition) is 1. The number of hydrogen-bond acceptors (Lipinski definition) is 3. The standard InChI is InChI=1S/C18H29NO4/c1-12(23-14-6-4-2-3-5-7-14)17(20)19-10-15(13-8-9-13)16(11-19)18(21)22/h12-16H,2-11H2,1H3,(H,21,22)/t12?,15-,16+/m1/s1. The Morgan fingerprint density at radius 2 is 1.70 bits per heavy atom. The van der Waals surface area contributed by atoms with Gasteiger partial charge in [0.25, 0.3) is 5.91 Å². The Balaban J connectivity index is 1.55. The summed E-state index contributed by atoms with van der Waals surface area (Å²) >= 11 is 0. The van der Waals surface area contributed by atoms with E-state index in [1.54, 1.807) is 4.90 Å². The Morgan fingerprint density at radius 1 is 1.04 bits per heavy atom. The maximum atomic E-state index is 12.7. The second kappa shape index (κ2) is 7.20. The number of aliphatic carboxylic acids is 1. The van der Waals surface area contributed by atoms with E-state index in [0.29, 0.717) is 19.0 Å². The maximum absolute atomic E-state index is 12.7. The summed E-state index contributed by atoms with van der Waals surface area (Å²) in [5.74, 6) is -0.525. The lowest BCUT2D eigenvalue weighted by atomic mass is 9.92. The van der Waals surface area contributed by atoms with Gasteiger partial charge in [-0.05, 0) is 44.4 Å². The monoisotopic (exact) mass is 323 g/mol. The minimum Gasteiger partial charge on any atom is -0.481 e. The van der Waals surface area contributed by atoms with Gasteiger partial charge in [-0.15, -0.1) is 0 Å². The zero-order chi connectivity index (χ0) is 16.4. The summed E-state index contributed by atoms with van der Waals surface area (Å²) in [6, 6.07) is 0. The number of rotatable bonds is 5. The Kier molecular flexibility index (Phi) is 5.24. The lowest BCUT2D eigenvalue weighted by Gasteiger charge is -2.25. The molecule has 23 heavy (non-hydrogen) atoms. The van der Waals surface area contributed by atoms with Gasteiger partial charge in [-0.2, -0.15) is 0 Å². The molecule has 1 N–H and O–H groups in total. The van der Waals surface area contributed by atoms with Crippen LogP contribution in [0.5, 0.6) is 0 Å². The molecule has 2 aliphatic carbocycles. The summed E-state index contributed by atoms with van der Waals surface area (Å²) in [5.41, 5.74) is 0. The number of ether oxygens (including phenoxy) is 1. The van der Waals surface area contributed by atoms with Crippen molar-refractivity contribution < 1.29 is 19.4 Å². The number of carboxylic acid groups (broad SMARTS) is 1. The molecule has 3 aliphatic rings. The van der Waals surface area contributed by atoms with E-state index >= 15 is 0 Å². The first-order valence-corrected chi connectivity index (χ1v) is 9.23. The number of likely N-dealkylation sites (tertiary alicyclic amines) is 1. The van der Waals surface area contributed by atoms with Crippen LogP contribution < -0.4 is 0 Å². The Morgan fingerprint density at radius 3 is 2.26 bits per heavy atom. The van der Waals surface area contributed by atoms with Crippen molar-refractivity contribution >= 4 is 11.9 Å². The maximum Gasteiger partial charge on any atom is 0.308 e. The average molecular weight is 323 g/mol. The third-order valence-electron chi connectivity index (χ3n) is 5.77. The second-order valence-electron chi connectivity index (χ2n) is 7.58. The van der Waals surface area contributed by atoms with Crippen LogP contribution in [0.2, 0.25) is 0 Å². The first-order chi connectivity index (χ1) is 11.1. The van der Waals surface area contributed by atoms with Crippen molar-refractivity contribution in [3.05, 3.63) is 0 Å². The Hall–Kier alpha value is -1.10. The van der Waals surface area contributed by atoms with Gasteiger partial charge in [0.15, 0.2) is 0 Å². The van der Waals surface area contributed by atoms with Crippen LogP contribution in [0.3, 0.4) is 0 Å². The predicted molar refractivity (Wildman–Crippen MR) is 86.0 cm³/mol. The quantitative estimate of drug-likeness (QED) is 0.790. The van der Waals surface area contributed by atoms with E-state index in [1.165, 1.54) is 25.7 Å². The zero-order valence-electron chi connectivity index (χ0n) is 14.1. The molecule has 0 aromatic heterocycles. The van der Waals surface area contributed by atoms with Crippen LogP contribution in [0.1, 0.15) is 58.3 Å². The van der Waals surface area contributed by atoms with Gasteiger partial charge >= 0.3 is 5.97 Å². The highest BCUT2D eigenvalue weighted by Gasteiger charge is 2.47. The topological polar surface area (TPSA) is 66.8 Å². The molecule has 3 atom stereocenters. The predicted octanol–water partition coefficient (Wildman–Crippen LogP) is 2.68. The highest BCUT2D eigenvalue weighted by Crippen LogP contribution is 2.44. The van der Waals surface area contributed by atoms with Crippen molar-refractivity contribution in [1.82, 2.24) is 4.90 Å². The van der Waals surface area contributed by atoms with Crippen molar-refractivity contribution in [3.8, 4) is 0 Å². The van der Waals surface area contributed by atoms with E-state index in [1.807, 2.05) is 6.92 Å². The summed E-state index contributed by atoms with van der Waals surface area (Å²) in [7, 11) is 0. The molecule has 0 radical (unpaired) electrons. The first-order valence-electron chi connectivity index (χ1n) is 9.23. The van der Waals surface area contributed by atoms with Gasteiger partial charge < -0.3 is 14.7 Å². The van der Waals surface area contributed by atoms with E-state index in [0.717, 1.165) is 25.7 Å².